The molecule has 3 N–H and O–H groups in total. The van der Waals surface area contributed by atoms with Crippen LogP contribution in [-0.2, 0) is 11.3 Å². The average molecular weight is 292 g/mol. The van der Waals surface area contributed by atoms with Crippen molar-refractivity contribution < 1.29 is 9.59 Å². The van der Waals surface area contributed by atoms with Crippen LogP contribution in [0.3, 0.4) is 0 Å². The Morgan fingerprint density at radius 3 is 2.48 bits per heavy atom. The van der Waals surface area contributed by atoms with Gasteiger partial charge in [-0.25, -0.2) is 5.84 Å². The first-order chi connectivity index (χ1) is 9.99. The Kier molecular flexibility index (Phi) is 6.84. The van der Waals surface area contributed by atoms with E-state index < -0.39 is 0 Å². The largest absolute Gasteiger partial charge is 0.348 e. The van der Waals surface area contributed by atoms with Gasteiger partial charge in [-0.05, 0) is 24.6 Å². The van der Waals surface area contributed by atoms with Crippen LogP contribution in [0.2, 0.25) is 0 Å². The molecule has 6 heteroatoms. The van der Waals surface area contributed by atoms with Gasteiger partial charge in [0.2, 0.25) is 5.91 Å². The molecule has 0 aliphatic carbocycles. The molecule has 1 rings (SSSR count). The minimum absolute atomic E-state index is 0.0456. The molecule has 116 valence electrons. The van der Waals surface area contributed by atoms with E-state index in [4.69, 9.17) is 5.84 Å². The second kappa shape index (κ2) is 8.39. The zero-order valence-electron chi connectivity index (χ0n) is 12.9. The molecule has 0 spiro atoms. The van der Waals surface area contributed by atoms with E-state index in [0.29, 0.717) is 18.7 Å². The first-order valence-electron chi connectivity index (χ1n) is 7.01. The molecule has 6 nitrogen and oxygen atoms in total. The molecule has 0 aliphatic rings. The van der Waals surface area contributed by atoms with E-state index >= 15 is 0 Å². The summed E-state index contributed by atoms with van der Waals surface area (Å²) in [4.78, 5) is 27.3. The number of carbonyl (C=O) groups excluding carboxylic acids is 2. The van der Waals surface area contributed by atoms with E-state index in [1.165, 1.54) is 0 Å². The van der Waals surface area contributed by atoms with E-state index in [-0.39, 0.29) is 11.8 Å². The number of nitrogen functional groups attached to an aromatic ring is 1. The molecule has 2 amide bonds. The molecule has 1 aromatic carbocycles. The number of nitrogens with zero attached hydrogens (tertiary/aromatic N) is 2. The fourth-order valence-electron chi connectivity index (χ4n) is 2.06. The van der Waals surface area contributed by atoms with Crippen molar-refractivity contribution in [3.05, 3.63) is 35.4 Å². The van der Waals surface area contributed by atoms with Gasteiger partial charge in [-0.1, -0.05) is 25.1 Å². The molecule has 0 saturated carbocycles. The summed E-state index contributed by atoms with van der Waals surface area (Å²) in [7, 11) is 3.48. The van der Waals surface area contributed by atoms with Gasteiger partial charge in [0.15, 0.2) is 0 Å². The van der Waals surface area contributed by atoms with Gasteiger partial charge in [0, 0.05) is 26.2 Å². The fourth-order valence-corrected chi connectivity index (χ4v) is 2.06. The number of benzene rings is 1. The van der Waals surface area contributed by atoms with Crippen LogP contribution in [0, 0.1) is 0 Å². The van der Waals surface area contributed by atoms with Crippen LogP contribution in [0.5, 0.6) is 0 Å². The van der Waals surface area contributed by atoms with Gasteiger partial charge in [-0.2, -0.15) is 0 Å². The molecule has 0 fully saturated rings. The number of hydrogen-bond donors (Lipinski definition) is 2. The lowest BCUT2D eigenvalue weighted by molar-refractivity contribution is -0.130. The van der Waals surface area contributed by atoms with Crippen LogP contribution in [0.25, 0.3) is 0 Å². The van der Waals surface area contributed by atoms with Crippen LogP contribution < -0.4 is 11.3 Å². The lowest BCUT2D eigenvalue weighted by atomic mass is 10.1. The second-order valence-electron chi connectivity index (χ2n) is 5.13. The minimum Gasteiger partial charge on any atom is -0.348 e. The maximum absolute atomic E-state index is 11.9. The number of rotatable bonds is 7. The molecule has 0 heterocycles. The van der Waals surface area contributed by atoms with E-state index in [1.54, 1.807) is 31.1 Å². The number of hydrogen-bond acceptors (Lipinski definition) is 4. The summed E-state index contributed by atoms with van der Waals surface area (Å²) in [5.74, 6) is 4.94. The summed E-state index contributed by atoms with van der Waals surface area (Å²) in [5, 5.41) is 0. The Balaban J connectivity index is 2.88. The van der Waals surface area contributed by atoms with Crippen molar-refractivity contribution in [2.45, 2.75) is 19.9 Å². The maximum Gasteiger partial charge on any atom is 0.265 e. The molecule has 0 radical (unpaired) electrons. The molecule has 0 atom stereocenters. The average Bonchev–Trinajstić information content (AvgIpc) is 2.47. The number of likely N-dealkylation sites (N-methyl/N-ethyl adjacent to an activating group) is 1. The van der Waals surface area contributed by atoms with Crippen LogP contribution in [0.15, 0.2) is 24.3 Å². The molecule has 21 heavy (non-hydrogen) atoms. The highest BCUT2D eigenvalue weighted by Crippen LogP contribution is 2.12. The number of nitrogens with one attached hydrogen (secondary N) is 1. The Hall–Kier alpha value is -1.92. The quantitative estimate of drug-likeness (QED) is 0.438. The molecular formula is C15H24N4O2. The molecule has 0 unspecified atom stereocenters. The smallest absolute Gasteiger partial charge is 0.265 e. The fraction of sp³-hybridized carbons (Fsp3) is 0.467. The summed E-state index contributed by atoms with van der Waals surface area (Å²) in [6, 6.07) is 7.28. The van der Waals surface area contributed by atoms with Gasteiger partial charge >= 0.3 is 0 Å². The zero-order chi connectivity index (χ0) is 15.8. The first kappa shape index (κ1) is 17.1. The first-order valence-corrected chi connectivity index (χ1v) is 7.01. The van der Waals surface area contributed by atoms with Crippen LogP contribution in [0.4, 0.5) is 0 Å². The molecule has 0 aliphatic heterocycles. The Morgan fingerprint density at radius 1 is 1.24 bits per heavy atom. The third kappa shape index (κ3) is 5.17. The van der Waals surface area contributed by atoms with Crippen molar-refractivity contribution >= 4 is 11.8 Å². The van der Waals surface area contributed by atoms with Crippen molar-refractivity contribution in [1.82, 2.24) is 15.2 Å². The van der Waals surface area contributed by atoms with Gasteiger partial charge in [-0.15, -0.1) is 0 Å². The van der Waals surface area contributed by atoms with Crippen molar-refractivity contribution in [1.29, 1.82) is 0 Å². The highest BCUT2D eigenvalue weighted by molar-refractivity contribution is 5.95. The topological polar surface area (TPSA) is 78.7 Å². The Morgan fingerprint density at radius 2 is 1.90 bits per heavy atom. The Labute approximate surface area is 125 Å². The number of nitrogens with two attached hydrogens (primary N) is 1. The number of carbonyl (C=O) groups is 2. The predicted molar refractivity (Wildman–Crippen MR) is 82.4 cm³/mol. The lowest BCUT2D eigenvalue weighted by Crippen LogP contribution is -2.37. The molecule has 0 aromatic heterocycles. The van der Waals surface area contributed by atoms with Crippen molar-refractivity contribution in [3.63, 3.8) is 0 Å². The maximum atomic E-state index is 11.9. The molecule has 0 saturated heterocycles. The van der Waals surface area contributed by atoms with E-state index in [0.717, 1.165) is 18.5 Å². The van der Waals surface area contributed by atoms with Crippen LogP contribution >= 0.6 is 0 Å². The normalized spacial score (nSPS) is 10.5. The third-order valence-corrected chi connectivity index (χ3v) is 3.18. The van der Waals surface area contributed by atoms with Gasteiger partial charge in [0.05, 0.1) is 6.54 Å². The second-order valence-corrected chi connectivity index (χ2v) is 5.13. The minimum atomic E-state index is -0.319. The summed E-state index contributed by atoms with van der Waals surface area (Å²) < 4.78 is 0. The van der Waals surface area contributed by atoms with E-state index in [2.05, 4.69) is 12.3 Å². The predicted octanol–water partition coefficient (Wildman–Crippen LogP) is 0.590. The van der Waals surface area contributed by atoms with Crippen LogP contribution in [-0.4, -0.2) is 48.8 Å². The molecule has 0 bridgehead atoms. The van der Waals surface area contributed by atoms with E-state index in [1.807, 2.05) is 17.0 Å². The summed E-state index contributed by atoms with van der Waals surface area (Å²) in [6.45, 7) is 3.72. The van der Waals surface area contributed by atoms with Crippen molar-refractivity contribution in [2.24, 2.45) is 5.84 Å². The summed E-state index contributed by atoms with van der Waals surface area (Å²) >= 11 is 0. The zero-order valence-corrected chi connectivity index (χ0v) is 12.9. The summed E-state index contributed by atoms with van der Waals surface area (Å²) in [5.41, 5.74) is 3.56. The SMILES string of the molecule is CCCN(CC(=O)N(C)C)Cc1ccccc1C(=O)NN. The number of hydrazine groups is 1. The van der Waals surface area contributed by atoms with Gasteiger partial charge < -0.3 is 4.90 Å². The lowest BCUT2D eigenvalue weighted by Gasteiger charge is -2.24. The molecule has 1 aromatic rings. The summed E-state index contributed by atoms with van der Waals surface area (Å²) in [6.07, 6.45) is 0.936. The van der Waals surface area contributed by atoms with Gasteiger partial charge in [0.25, 0.3) is 5.91 Å². The standard InChI is InChI=1S/C15H24N4O2/c1-4-9-19(11-14(20)18(2)3)10-12-7-5-6-8-13(12)15(21)17-16/h5-8H,4,9-11,16H2,1-3H3,(H,17,21). The Bertz CT molecular complexity index is 488. The van der Waals surface area contributed by atoms with Crippen LogP contribution in [0.1, 0.15) is 29.3 Å². The third-order valence-electron chi connectivity index (χ3n) is 3.18. The van der Waals surface area contributed by atoms with Crippen molar-refractivity contribution in [3.8, 4) is 0 Å². The highest BCUT2D eigenvalue weighted by Gasteiger charge is 2.15. The number of amides is 2. The highest BCUT2D eigenvalue weighted by atomic mass is 16.2. The monoisotopic (exact) mass is 292 g/mol. The van der Waals surface area contributed by atoms with Gasteiger partial charge in [-0.3, -0.25) is 19.9 Å². The molecular weight excluding hydrogens is 268 g/mol. The van der Waals surface area contributed by atoms with Gasteiger partial charge in [0.1, 0.15) is 0 Å². The van der Waals surface area contributed by atoms with Crippen molar-refractivity contribution in [2.75, 3.05) is 27.2 Å². The van der Waals surface area contributed by atoms with E-state index in [9.17, 15) is 9.59 Å².